The van der Waals surface area contributed by atoms with E-state index in [1.54, 1.807) is 23.1 Å². The lowest BCUT2D eigenvalue weighted by Crippen LogP contribution is -2.30. The third-order valence-electron chi connectivity index (χ3n) is 6.63. The molecule has 5 aromatic rings. The molecule has 4 N–H and O–H groups in total. The summed E-state index contributed by atoms with van der Waals surface area (Å²) in [5.74, 6) is -0.00953. The number of nitrogens with two attached hydrogens (primary N) is 1. The van der Waals surface area contributed by atoms with Gasteiger partial charge in [0.15, 0.2) is 0 Å². The number of aromatic hydroxyl groups is 1. The van der Waals surface area contributed by atoms with Gasteiger partial charge in [0, 0.05) is 39.6 Å². The molecule has 0 radical (unpaired) electrons. The van der Waals surface area contributed by atoms with Crippen molar-refractivity contribution in [3.05, 3.63) is 118 Å². The first-order valence-corrected chi connectivity index (χ1v) is 11.7. The minimum Gasteiger partial charge on any atom is -0.508 e. The highest BCUT2D eigenvalue weighted by molar-refractivity contribution is 6.30. The summed E-state index contributed by atoms with van der Waals surface area (Å²) in [6.07, 6.45) is 0. The van der Waals surface area contributed by atoms with Crippen molar-refractivity contribution in [2.24, 2.45) is 0 Å². The standard InChI is InChI=1S/C29H22ClN3O2/c30-21-9-12-27(34)24(15-21)28(26-14-19-3-1-2-4-25(19)32-26)33-16-20-6-5-18(13-23(20)29(33)35)17-7-10-22(31)11-8-17/h1-15,28,32,34H,16,31H2. The van der Waals surface area contributed by atoms with Gasteiger partial charge in [0.25, 0.3) is 5.91 Å². The van der Waals surface area contributed by atoms with Crippen LogP contribution >= 0.6 is 11.6 Å². The third kappa shape index (κ3) is 3.70. The van der Waals surface area contributed by atoms with Crippen molar-refractivity contribution in [1.82, 2.24) is 9.88 Å². The number of anilines is 1. The summed E-state index contributed by atoms with van der Waals surface area (Å²) in [7, 11) is 0. The number of phenols is 1. The zero-order valence-electron chi connectivity index (χ0n) is 18.7. The predicted molar refractivity (Wildman–Crippen MR) is 139 cm³/mol. The van der Waals surface area contributed by atoms with Crippen LogP contribution in [0.1, 0.15) is 33.2 Å². The molecule has 0 spiro atoms. The summed E-state index contributed by atoms with van der Waals surface area (Å²) in [4.78, 5) is 19.0. The smallest absolute Gasteiger partial charge is 0.255 e. The molecule has 0 fully saturated rings. The molecule has 172 valence electrons. The number of hydrogen-bond donors (Lipinski definition) is 3. The van der Waals surface area contributed by atoms with Crippen LogP contribution in [0, 0.1) is 0 Å². The van der Waals surface area contributed by atoms with Gasteiger partial charge in [-0.3, -0.25) is 4.79 Å². The van der Waals surface area contributed by atoms with Crippen LogP contribution in [0.4, 0.5) is 5.69 Å². The molecule has 6 rings (SSSR count). The number of carbonyl (C=O) groups excluding carboxylic acids is 1. The molecule has 1 aliphatic rings. The third-order valence-corrected chi connectivity index (χ3v) is 6.86. The monoisotopic (exact) mass is 479 g/mol. The number of H-pyrrole nitrogens is 1. The van der Waals surface area contributed by atoms with Crippen molar-refractivity contribution in [3.8, 4) is 16.9 Å². The van der Waals surface area contributed by atoms with Crippen molar-refractivity contribution in [2.45, 2.75) is 12.6 Å². The zero-order chi connectivity index (χ0) is 24.1. The Morgan fingerprint density at radius 1 is 0.914 bits per heavy atom. The molecular weight excluding hydrogens is 458 g/mol. The van der Waals surface area contributed by atoms with E-state index in [2.05, 4.69) is 4.98 Å². The minimum atomic E-state index is -0.541. The molecule has 0 bridgehead atoms. The number of aromatic amines is 1. The number of phenolic OH excluding ortho intramolecular Hbond substituents is 1. The van der Waals surface area contributed by atoms with E-state index in [1.165, 1.54) is 0 Å². The van der Waals surface area contributed by atoms with Gasteiger partial charge in [-0.05, 0) is 70.6 Å². The first-order valence-electron chi connectivity index (χ1n) is 11.3. The number of halogens is 1. The molecule has 1 atom stereocenters. The summed E-state index contributed by atoms with van der Waals surface area (Å²) >= 11 is 6.33. The number of aromatic nitrogens is 1. The number of fused-ring (bicyclic) bond motifs is 2. The molecule has 1 aliphatic heterocycles. The lowest BCUT2D eigenvalue weighted by Gasteiger charge is -2.28. The number of carbonyl (C=O) groups is 1. The maximum Gasteiger partial charge on any atom is 0.255 e. The largest absolute Gasteiger partial charge is 0.508 e. The van der Waals surface area contributed by atoms with Gasteiger partial charge in [-0.2, -0.15) is 0 Å². The minimum absolute atomic E-state index is 0.0874. The van der Waals surface area contributed by atoms with Crippen LogP contribution in [0.25, 0.3) is 22.0 Å². The summed E-state index contributed by atoms with van der Waals surface area (Å²) in [6, 6.07) is 27.9. The fourth-order valence-corrected chi connectivity index (χ4v) is 5.06. The van der Waals surface area contributed by atoms with Crippen LogP contribution in [0.2, 0.25) is 5.02 Å². The highest BCUT2D eigenvalue weighted by atomic mass is 35.5. The zero-order valence-corrected chi connectivity index (χ0v) is 19.5. The normalized spacial score (nSPS) is 13.9. The fourth-order valence-electron chi connectivity index (χ4n) is 4.88. The molecule has 6 heteroatoms. The summed E-state index contributed by atoms with van der Waals surface area (Å²) < 4.78 is 0. The number of nitrogens with one attached hydrogen (secondary N) is 1. The number of hydrogen-bond acceptors (Lipinski definition) is 3. The first kappa shape index (κ1) is 21.3. The maximum absolute atomic E-state index is 13.8. The van der Waals surface area contributed by atoms with E-state index < -0.39 is 6.04 Å². The van der Waals surface area contributed by atoms with Crippen molar-refractivity contribution in [2.75, 3.05) is 5.73 Å². The van der Waals surface area contributed by atoms with Gasteiger partial charge in [0.2, 0.25) is 0 Å². The molecule has 1 amide bonds. The Bertz CT molecular complexity index is 1560. The van der Waals surface area contributed by atoms with E-state index in [-0.39, 0.29) is 11.7 Å². The molecule has 35 heavy (non-hydrogen) atoms. The molecule has 0 aliphatic carbocycles. The Labute approximate surface area is 207 Å². The lowest BCUT2D eigenvalue weighted by molar-refractivity contribution is 0.0727. The molecule has 4 aromatic carbocycles. The molecule has 2 heterocycles. The quantitative estimate of drug-likeness (QED) is 0.256. The van der Waals surface area contributed by atoms with Crippen LogP contribution in [0.3, 0.4) is 0 Å². The average molecular weight is 480 g/mol. The second-order valence-corrected chi connectivity index (χ2v) is 9.28. The SMILES string of the molecule is Nc1ccc(-c2ccc3c(c2)C(=O)N(C(c2cc4ccccc4[nH]2)c2cc(Cl)ccc2O)C3)cc1. The van der Waals surface area contributed by atoms with E-state index in [9.17, 15) is 9.90 Å². The Kier molecular flexibility index (Phi) is 5.01. The maximum atomic E-state index is 13.8. The van der Waals surface area contributed by atoms with Gasteiger partial charge in [-0.1, -0.05) is 54.1 Å². The van der Waals surface area contributed by atoms with Gasteiger partial charge in [-0.25, -0.2) is 0 Å². The Hall–Kier alpha value is -4.22. The Morgan fingerprint density at radius 2 is 1.69 bits per heavy atom. The van der Waals surface area contributed by atoms with Gasteiger partial charge in [0.05, 0.1) is 0 Å². The molecule has 5 nitrogen and oxygen atoms in total. The van der Waals surface area contributed by atoms with Gasteiger partial charge in [-0.15, -0.1) is 0 Å². The van der Waals surface area contributed by atoms with Crippen LogP contribution in [-0.4, -0.2) is 20.9 Å². The van der Waals surface area contributed by atoms with Gasteiger partial charge >= 0.3 is 0 Å². The number of benzene rings is 4. The topological polar surface area (TPSA) is 82.4 Å². The summed E-state index contributed by atoms with van der Waals surface area (Å²) in [5.41, 5.74) is 12.4. The van der Waals surface area contributed by atoms with E-state index in [4.69, 9.17) is 17.3 Å². The number of para-hydroxylation sites is 1. The fraction of sp³-hybridized carbons (Fsp3) is 0.0690. The molecule has 1 aromatic heterocycles. The predicted octanol–water partition coefficient (Wildman–Crippen LogP) is 6.52. The summed E-state index contributed by atoms with van der Waals surface area (Å²) in [6.45, 7) is 0.419. The van der Waals surface area contributed by atoms with Gasteiger partial charge < -0.3 is 20.7 Å². The number of nitrogens with zero attached hydrogens (tertiary/aromatic N) is 1. The van der Waals surface area contributed by atoms with E-state index in [1.807, 2.05) is 72.8 Å². The van der Waals surface area contributed by atoms with Crippen LogP contribution in [0.5, 0.6) is 5.75 Å². The second kappa shape index (κ2) is 8.22. The van der Waals surface area contributed by atoms with Crippen molar-refractivity contribution < 1.29 is 9.90 Å². The molecule has 0 saturated carbocycles. The highest BCUT2D eigenvalue weighted by Crippen LogP contribution is 2.41. The van der Waals surface area contributed by atoms with Crippen LogP contribution < -0.4 is 5.73 Å². The Morgan fingerprint density at radius 3 is 2.49 bits per heavy atom. The van der Waals surface area contributed by atoms with Crippen molar-refractivity contribution in [3.63, 3.8) is 0 Å². The number of nitrogen functional groups attached to an aromatic ring is 1. The average Bonchev–Trinajstić information content (AvgIpc) is 3.43. The summed E-state index contributed by atoms with van der Waals surface area (Å²) in [5, 5.41) is 12.3. The van der Waals surface area contributed by atoms with Crippen LogP contribution in [0.15, 0.2) is 91.0 Å². The van der Waals surface area contributed by atoms with E-state index in [0.717, 1.165) is 33.3 Å². The van der Waals surface area contributed by atoms with Gasteiger partial charge in [0.1, 0.15) is 11.8 Å². The van der Waals surface area contributed by atoms with Crippen molar-refractivity contribution >= 4 is 34.1 Å². The highest BCUT2D eigenvalue weighted by Gasteiger charge is 2.36. The first-order chi connectivity index (χ1) is 17.0. The Balaban J connectivity index is 1.45. The lowest BCUT2D eigenvalue weighted by atomic mass is 10.00. The second-order valence-electron chi connectivity index (χ2n) is 8.84. The van der Waals surface area contributed by atoms with Crippen LogP contribution in [-0.2, 0) is 6.54 Å². The molecule has 1 unspecified atom stereocenters. The van der Waals surface area contributed by atoms with E-state index in [0.29, 0.717) is 28.4 Å². The molecule has 0 saturated heterocycles. The molecular formula is C29H22ClN3O2. The van der Waals surface area contributed by atoms with Crippen molar-refractivity contribution in [1.29, 1.82) is 0 Å². The van der Waals surface area contributed by atoms with E-state index >= 15 is 0 Å². The number of amides is 1. The number of rotatable bonds is 4.